The van der Waals surface area contributed by atoms with Crippen molar-refractivity contribution in [2.24, 2.45) is 11.1 Å². The van der Waals surface area contributed by atoms with Crippen LogP contribution in [0.4, 0.5) is 0 Å². The van der Waals surface area contributed by atoms with Crippen LogP contribution in [0.2, 0.25) is 0 Å². The Morgan fingerprint density at radius 2 is 2.16 bits per heavy atom. The van der Waals surface area contributed by atoms with Gasteiger partial charge in [0, 0.05) is 29.3 Å². The molecule has 1 atom stereocenters. The third kappa shape index (κ3) is 3.16. The molecule has 0 bridgehead atoms. The van der Waals surface area contributed by atoms with Gasteiger partial charge in [0.15, 0.2) is 0 Å². The quantitative estimate of drug-likeness (QED) is 0.590. The molecule has 1 aliphatic carbocycles. The highest BCUT2D eigenvalue weighted by atomic mass is 16.6. The Balaban J connectivity index is 3.09. The van der Waals surface area contributed by atoms with Crippen molar-refractivity contribution in [2.45, 2.75) is 33.1 Å². The SMILES string of the molecule is C/C=C1/CC(CC)(/C(=C/N)NC)C/C1=C/C[N+](=O)[O-]. The van der Waals surface area contributed by atoms with E-state index in [-0.39, 0.29) is 16.9 Å². The molecule has 1 rings (SSSR count). The van der Waals surface area contributed by atoms with Gasteiger partial charge in [0.05, 0.1) is 0 Å². The first-order chi connectivity index (χ1) is 9.02. The van der Waals surface area contributed by atoms with Gasteiger partial charge in [-0.05, 0) is 43.4 Å². The van der Waals surface area contributed by atoms with Crippen molar-refractivity contribution in [3.8, 4) is 0 Å². The third-order valence-electron chi connectivity index (χ3n) is 3.99. The Morgan fingerprint density at radius 3 is 2.58 bits per heavy atom. The molecule has 1 saturated carbocycles. The Kier molecular flexibility index (Phi) is 5.15. The summed E-state index contributed by atoms with van der Waals surface area (Å²) < 4.78 is 0. The molecule has 19 heavy (non-hydrogen) atoms. The third-order valence-corrected chi connectivity index (χ3v) is 3.99. The van der Waals surface area contributed by atoms with Crippen molar-refractivity contribution in [1.82, 2.24) is 5.32 Å². The maximum atomic E-state index is 10.5. The molecule has 0 aromatic heterocycles. The molecule has 0 aromatic carbocycles. The first-order valence-corrected chi connectivity index (χ1v) is 6.59. The molecule has 0 spiro atoms. The fourth-order valence-corrected chi connectivity index (χ4v) is 2.85. The standard InChI is InChI=1S/C14H23N3O2/c1-4-11-8-14(5-2,13(10-15)16-3)9-12(11)6-7-17(18)19/h4,6,10,16H,5,7-9,15H2,1-3H3/b11-4-,12-6-,13-10-. The number of hydrogen-bond donors (Lipinski definition) is 2. The molecule has 106 valence electrons. The lowest BCUT2D eigenvalue weighted by Gasteiger charge is -2.29. The summed E-state index contributed by atoms with van der Waals surface area (Å²) in [5, 5.41) is 13.7. The number of rotatable bonds is 5. The average Bonchev–Trinajstić information content (AvgIpc) is 2.77. The van der Waals surface area contributed by atoms with Gasteiger partial charge in [-0.25, -0.2) is 0 Å². The minimum Gasteiger partial charge on any atom is -0.403 e. The van der Waals surface area contributed by atoms with Gasteiger partial charge in [-0.2, -0.15) is 0 Å². The average molecular weight is 265 g/mol. The molecule has 0 saturated heterocycles. The summed E-state index contributed by atoms with van der Waals surface area (Å²) >= 11 is 0. The molecule has 5 nitrogen and oxygen atoms in total. The van der Waals surface area contributed by atoms with Gasteiger partial charge in [0.25, 0.3) is 0 Å². The molecule has 0 heterocycles. The maximum absolute atomic E-state index is 10.5. The van der Waals surface area contributed by atoms with E-state index in [1.54, 1.807) is 12.3 Å². The zero-order chi connectivity index (χ0) is 14.5. The topological polar surface area (TPSA) is 81.2 Å². The van der Waals surface area contributed by atoms with E-state index in [9.17, 15) is 10.1 Å². The summed E-state index contributed by atoms with van der Waals surface area (Å²) in [6, 6.07) is 0. The molecule has 5 heteroatoms. The molecule has 3 N–H and O–H groups in total. The highest BCUT2D eigenvalue weighted by molar-refractivity contribution is 5.41. The number of nitrogens with two attached hydrogens (primary N) is 1. The number of nitrogens with one attached hydrogen (secondary N) is 1. The molecule has 1 unspecified atom stereocenters. The summed E-state index contributed by atoms with van der Waals surface area (Å²) in [5.41, 5.74) is 8.94. The second-order valence-electron chi connectivity index (χ2n) is 4.88. The Hall–Kier alpha value is -1.78. The smallest absolute Gasteiger partial charge is 0.222 e. The van der Waals surface area contributed by atoms with E-state index >= 15 is 0 Å². The van der Waals surface area contributed by atoms with E-state index < -0.39 is 0 Å². The number of allylic oxidation sites excluding steroid dienone is 4. The lowest BCUT2D eigenvalue weighted by Crippen LogP contribution is -2.28. The van der Waals surface area contributed by atoms with Gasteiger partial charge in [-0.15, -0.1) is 0 Å². The molecule has 0 aliphatic heterocycles. The van der Waals surface area contributed by atoms with Gasteiger partial charge in [-0.3, -0.25) is 10.1 Å². The summed E-state index contributed by atoms with van der Waals surface area (Å²) in [5.74, 6) is 0. The van der Waals surface area contributed by atoms with Crippen LogP contribution in [0.1, 0.15) is 33.1 Å². The fraction of sp³-hybridized carbons (Fsp3) is 0.571. The van der Waals surface area contributed by atoms with Crippen molar-refractivity contribution < 1.29 is 4.92 Å². The molecule has 1 aliphatic rings. The fourth-order valence-electron chi connectivity index (χ4n) is 2.85. The number of hydrogen-bond acceptors (Lipinski definition) is 4. The minimum atomic E-state index is -0.302. The molecule has 0 aromatic rings. The molecular weight excluding hydrogens is 242 g/mol. The molecule has 1 fully saturated rings. The molecular formula is C14H23N3O2. The van der Waals surface area contributed by atoms with Crippen LogP contribution in [0.25, 0.3) is 0 Å². The summed E-state index contributed by atoms with van der Waals surface area (Å²) in [4.78, 5) is 10.2. The zero-order valence-electron chi connectivity index (χ0n) is 11.9. The lowest BCUT2D eigenvalue weighted by molar-refractivity contribution is -0.468. The maximum Gasteiger partial charge on any atom is 0.222 e. The van der Waals surface area contributed by atoms with Crippen LogP contribution in [0.15, 0.2) is 35.2 Å². The van der Waals surface area contributed by atoms with Gasteiger partial charge in [0.2, 0.25) is 6.54 Å². The van der Waals surface area contributed by atoms with Crippen molar-refractivity contribution in [2.75, 3.05) is 13.6 Å². The van der Waals surface area contributed by atoms with Crippen LogP contribution < -0.4 is 11.1 Å². The van der Waals surface area contributed by atoms with Crippen molar-refractivity contribution in [3.05, 3.63) is 45.3 Å². The first-order valence-electron chi connectivity index (χ1n) is 6.59. The van der Waals surface area contributed by atoms with E-state index in [4.69, 9.17) is 5.73 Å². The largest absolute Gasteiger partial charge is 0.403 e. The monoisotopic (exact) mass is 265 g/mol. The number of nitro groups is 1. The Labute approximate surface area is 114 Å². The Morgan fingerprint density at radius 1 is 1.53 bits per heavy atom. The van der Waals surface area contributed by atoms with E-state index in [0.29, 0.717) is 0 Å². The van der Waals surface area contributed by atoms with Crippen molar-refractivity contribution in [1.29, 1.82) is 0 Å². The van der Waals surface area contributed by atoms with Crippen LogP contribution in [-0.4, -0.2) is 18.5 Å². The predicted octanol–water partition coefficient (Wildman–Crippen LogP) is 2.35. The summed E-state index contributed by atoms with van der Waals surface area (Å²) in [6.07, 6.45) is 8.04. The lowest BCUT2D eigenvalue weighted by atomic mass is 9.79. The van der Waals surface area contributed by atoms with Crippen molar-refractivity contribution in [3.63, 3.8) is 0 Å². The van der Waals surface area contributed by atoms with E-state index in [2.05, 4.69) is 12.2 Å². The molecule has 0 radical (unpaired) electrons. The highest BCUT2D eigenvalue weighted by Gasteiger charge is 2.40. The number of nitrogens with zero attached hydrogens (tertiary/aromatic N) is 1. The van der Waals surface area contributed by atoms with E-state index in [1.165, 1.54) is 5.57 Å². The van der Waals surface area contributed by atoms with Gasteiger partial charge < -0.3 is 11.1 Å². The van der Waals surface area contributed by atoms with Crippen LogP contribution >= 0.6 is 0 Å². The van der Waals surface area contributed by atoms with Gasteiger partial charge >= 0.3 is 0 Å². The summed E-state index contributed by atoms with van der Waals surface area (Å²) in [6.45, 7) is 3.99. The first kappa shape index (κ1) is 15.3. The second kappa shape index (κ2) is 6.41. The Bertz CT molecular complexity index is 438. The molecule has 0 amide bonds. The van der Waals surface area contributed by atoms with E-state index in [1.807, 2.05) is 20.0 Å². The van der Waals surface area contributed by atoms with E-state index in [0.717, 1.165) is 30.5 Å². The summed E-state index contributed by atoms with van der Waals surface area (Å²) in [7, 11) is 1.87. The zero-order valence-corrected chi connectivity index (χ0v) is 11.9. The minimum absolute atomic E-state index is 0.0478. The van der Waals surface area contributed by atoms with Crippen molar-refractivity contribution >= 4 is 0 Å². The van der Waals surface area contributed by atoms with Crippen LogP contribution in [-0.2, 0) is 0 Å². The predicted molar refractivity (Wildman–Crippen MR) is 77.0 cm³/mol. The van der Waals surface area contributed by atoms with Crippen LogP contribution in [0.3, 0.4) is 0 Å². The second-order valence-corrected chi connectivity index (χ2v) is 4.88. The van der Waals surface area contributed by atoms with Crippen LogP contribution in [0, 0.1) is 15.5 Å². The van der Waals surface area contributed by atoms with Gasteiger partial charge in [0.1, 0.15) is 0 Å². The van der Waals surface area contributed by atoms with Crippen LogP contribution in [0.5, 0.6) is 0 Å². The van der Waals surface area contributed by atoms with Gasteiger partial charge in [-0.1, -0.05) is 13.0 Å². The normalized spacial score (nSPS) is 28.1. The highest BCUT2D eigenvalue weighted by Crippen LogP contribution is 2.50.